The standard InChI is InChI=1S/C31H33F2N5O2/c1-21-5-7-25(32)27(15-21)37-31(39)23-6-8-26(33)30(17-23)40-24-9-11-35-29(18-24)28-16-22(20-36-28)19-34-10-4-14-38-12-2-3-13-38/h5-9,11,15-18,20,34,36H,2-4,10,12-14,19H2,1H3,(H,37,39). The van der Waals surface area contributed by atoms with Crippen molar-refractivity contribution in [3.8, 4) is 22.9 Å². The smallest absolute Gasteiger partial charge is 0.255 e. The number of hydrogen-bond acceptors (Lipinski definition) is 5. The number of rotatable bonds is 11. The summed E-state index contributed by atoms with van der Waals surface area (Å²) in [7, 11) is 0. The van der Waals surface area contributed by atoms with Crippen LogP contribution in [0.5, 0.6) is 11.5 Å². The molecule has 1 fully saturated rings. The number of carbonyl (C=O) groups is 1. The van der Waals surface area contributed by atoms with E-state index in [9.17, 15) is 13.6 Å². The minimum Gasteiger partial charge on any atom is -0.454 e. The largest absolute Gasteiger partial charge is 0.454 e. The second kappa shape index (κ2) is 12.8. The Bertz CT molecular complexity index is 1470. The summed E-state index contributed by atoms with van der Waals surface area (Å²) in [6.07, 6.45) is 7.28. The summed E-state index contributed by atoms with van der Waals surface area (Å²) in [4.78, 5) is 22.9. The number of nitrogens with one attached hydrogen (secondary N) is 3. The average molecular weight is 546 g/mol. The first-order valence-electron chi connectivity index (χ1n) is 13.6. The molecule has 3 N–H and O–H groups in total. The molecule has 5 rings (SSSR count). The lowest BCUT2D eigenvalue weighted by Crippen LogP contribution is -2.24. The van der Waals surface area contributed by atoms with Gasteiger partial charge in [-0.15, -0.1) is 0 Å². The van der Waals surface area contributed by atoms with Gasteiger partial charge in [0.15, 0.2) is 11.6 Å². The average Bonchev–Trinajstić information content (AvgIpc) is 3.65. The Hall–Kier alpha value is -4.08. The van der Waals surface area contributed by atoms with Crippen LogP contribution >= 0.6 is 0 Å². The maximum atomic E-state index is 14.6. The highest BCUT2D eigenvalue weighted by molar-refractivity contribution is 6.04. The lowest BCUT2D eigenvalue weighted by molar-refractivity contribution is 0.102. The van der Waals surface area contributed by atoms with Crippen LogP contribution < -0.4 is 15.4 Å². The number of hydrogen-bond donors (Lipinski definition) is 3. The Labute approximate surface area is 232 Å². The number of pyridine rings is 1. The molecule has 0 unspecified atom stereocenters. The van der Waals surface area contributed by atoms with Crippen LogP contribution in [0, 0.1) is 18.6 Å². The van der Waals surface area contributed by atoms with E-state index in [2.05, 4.69) is 25.5 Å². The van der Waals surface area contributed by atoms with Gasteiger partial charge in [0, 0.05) is 30.6 Å². The van der Waals surface area contributed by atoms with E-state index in [0.717, 1.165) is 48.9 Å². The lowest BCUT2D eigenvalue weighted by atomic mass is 10.1. The molecule has 40 heavy (non-hydrogen) atoms. The van der Waals surface area contributed by atoms with E-state index >= 15 is 0 Å². The van der Waals surface area contributed by atoms with Crippen LogP contribution in [0.25, 0.3) is 11.4 Å². The number of carbonyl (C=O) groups excluding carboxylic acids is 1. The lowest BCUT2D eigenvalue weighted by Gasteiger charge is -2.14. The molecule has 0 aliphatic carbocycles. The van der Waals surface area contributed by atoms with E-state index in [1.807, 2.05) is 12.3 Å². The molecule has 0 saturated carbocycles. The molecule has 2 aromatic carbocycles. The number of aromatic amines is 1. The zero-order valence-electron chi connectivity index (χ0n) is 22.5. The third kappa shape index (κ3) is 7.11. The third-order valence-corrected chi connectivity index (χ3v) is 6.90. The summed E-state index contributed by atoms with van der Waals surface area (Å²) in [5.74, 6) is -1.52. The van der Waals surface area contributed by atoms with Gasteiger partial charge in [-0.2, -0.15) is 0 Å². The molecule has 9 heteroatoms. The summed E-state index contributed by atoms with van der Waals surface area (Å²) >= 11 is 0. The minimum absolute atomic E-state index is 0.0539. The Kier molecular flexibility index (Phi) is 8.83. The van der Waals surface area contributed by atoms with Crippen molar-refractivity contribution in [3.63, 3.8) is 0 Å². The zero-order chi connectivity index (χ0) is 27.9. The molecule has 1 amide bonds. The molecule has 0 radical (unpaired) electrons. The molecule has 208 valence electrons. The van der Waals surface area contributed by atoms with E-state index in [4.69, 9.17) is 4.74 Å². The molecule has 0 atom stereocenters. The van der Waals surface area contributed by atoms with Crippen LogP contribution in [-0.2, 0) is 6.54 Å². The summed E-state index contributed by atoms with van der Waals surface area (Å²) in [6, 6.07) is 13.5. The highest BCUT2D eigenvalue weighted by atomic mass is 19.1. The van der Waals surface area contributed by atoms with Gasteiger partial charge < -0.3 is 25.3 Å². The first-order chi connectivity index (χ1) is 19.4. The third-order valence-electron chi connectivity index (χ3n) is 6.90. The first-order valence-corrected chi connectivity index (χ1v) is 13.6. The van der Waals surface area contributed by atoms with Crippen molar-refractivity contribution >= 4 is 11.6 Å². The molecule has 1 saturated heterocycles. The van der Waals surface area contributed by atoms with Gasteiger partial charge >= 0.3 is 0 Å². The number of ether oxygens (including phenoxy) is 1. The maximum Gasteiger partial charge on any atom is 0.255 e. The molecule has 3 heterocycles. The van der Waals surface area contributed by atoms with Crippen LogP contribution in [0.15, 0.2) is 67.0 Å². The van der Waals surface area contributed by atoms with Crippen molar-refractivity contribution in [1.29, 1.82) is 0 Å². The Balaban J connectivity index is 1.20. The van der Waals surface area contributed by atoms with E-state index in [1.54, 1.807) is 31.3 Å². The Morgan fingerprint density at radius 2 is 1.88 bits per heavy atom. The number of aryl methyl sites for hydroxylation is 1. The Morgan fingerprint density at radius 1 is 1.05 bits per heavy atom. The van der Waals surface area contributed by atoms with Crippen LogP contribution in [-0.4, -0.2) is 47.0 Å². The van der Waals surface area contributed by atoms with Crippen molar-refractivity contribution in [2.75, 3.05) is 31.5 Å². The molecular weight excluding hydrogens is 512 g/mol. The minimum atomic E-state index is -0.630. The van der Waals surface area contributed by atoms with Gasteiger partial charge in [0.05, 0.1) is 17.1 Å². The molecule has 0 bridgehead atoms. The van der Waals surface area contributed by atoms with Crippen molar-refractivity contribution in [2.45, 2.75) is 32.7 Å². The summed E-state index contributed by atoms with van der Waals surface area (Å²) in [6.45, 7) is 7.09. The van der Waals surface area contributed by atoms with E-state index in [0.29, 0.717) is 11.4 Å². The van der Waals surface area contributed by atoms with Crippen molar-refractivity contribution in [3.05, 3.63) is 95.3 Å². The van der Waals surface area contributed by atoms with Crippen LogP contribution in [0.4, 0.5) is 14.5 Å². The molecule has 4 aromatic rings. The zero-order valence-corrected chi connectivity index (χ0v) is 22.5. The van der Waals surface area contributed by atoms with Crippen molar-refractivity contribution in [1.82, 2.24) is 20.2 Å². The maximum absolute atomic E-state index is 14.6. The summed E-state index contributed by atoms with van der Waals surface area (Å²) in [5, 5.41) is 6.02. The van der Waals surface area contributed by atoms with Crippen molar-refractivity contribution < 1.29 is 18.3 Å². The van der Waals surface area contributed by atoms with Gasteiger partial charge in [-0.1, -0.05) is 6.07 Å². The fourth-order valence-electron chi connectivity index (χ4n) is 4.76. The molecule has 1 aliphatic rings. The van der Waals surface area contributed by atoms with Gasteiger partial charge in [0.1, 0.15) is 11.6 Å². The normalized spacial score (nSPS) is 13.5. The topological polar surface area (TPSA) is 82.3 Å². The van der Waals surface area contributed by atoms with Gasteiger partial charge in [0.25, 0.3) is 5.91 Å². The number of H-pyrrole nitrogens is 1. The quantitative estimate of drug-likeness (QED) is 0.193. The summed E-state index contributed by atoms with van der Waals surface area (Å²) < 4.78 is 34.5. The highest BCUT2D eigenvalue weighted by Crippen LogP contribution is 2.29. The molecule has 1 aliphatic heterocycles. The Morgan fingerprint density at radius 3 is 2.73 bits per heavy atom. The van der Waals surface area contributed by atoms with Crippen molar-refractivity contribution in [2.24, 2.45) is 0 Å². The van der Waals surface area contributed by atoms with Gasteiger partial charge in [0.2, 0.25) is 0 Å². The monoisotopic (exact) mass is 545 g/mol. The highest BCUT2D eigenvalue weighted by Gasteiger charge is 2.15. The molecule has 7 nitrogen and oxygen atoms in total. The second-order valence-electron chi connectivity index (χ2n) is 10.1. The van der Waals surface area contributed by atoms with Crippen LogP contribution in [0.3, 0.4) is 0 Å². The van der Waals surface area contributed by atoms with Gasteiger partial charge in [-0.05, 0) is 106 Å². The first kappa shape index (κ1) is 27.5. The predicted molar refractivity (Wildman–Crippen MR) is 152 cm³/mol. The number of anilines is 1. The molecule has 2 aromatic heterocycles. The molecular formula is C31H33F2N5O2. The number of aromatic nitrogens is 2. The van der Waals surface area contributed by atoms with Crippen LogP contribution in [0.1, 0.15) is 40.7 Å². The van der Waals surface area contributed by atoms with E-state index in [-0.39, 0.29) is 17.0 Å². The second-order valence-corrected chi connectivity index (χ2v) is 10.1. The van der Waals surface area contributed by atoms with E-state index in [1.165, 1.54) is 50.2 Å². The number of amides is 1. The fraction of sp³-hybridized carbons (Fsp3) is 0.290. The summed E-state index contributed by atoms with van der Waals surface area (Å²) in [5.41, 5.74) is 3.55. The predicted octanol–water partition coefficient (Wildman–Crippen LogP) is 6.28. The van der Waals surface area contributed by atoms with Gasteiger partial charge in [-0.25, -0.2) is 8.78 Å². The van der Waals surface area contributed by atoms with Gasteiger partial charge in [-0.3, -0.25) is 9.78 Å². The number of halogens is 2. The fourth-order valence-corrected chi connectivity index (χ4v) is 4.76. The SMILES string of the molecule is Cc1ccc(F)c(NC(=O)c2ccc(F)c(Oc3ccnc(-c4cc(CNCCCN5CCCC5)c[nH]4)c3)c2)c1. The number of nitrogens with zero attached hydrogens (tertiary/aromatic N) is 2. The number of benzene rings is 2. The molecule has 0 spiro atoms. The number of likely N-dealkylation sites (tertiary alicyclic amines) is 1. The van der Waals surface area contributed by atoms with Crippen LogP contribution in [0.2, 0.25) is 0 Å². The van der Waals surface area contributed by atoms with E-state index < -0.39 is 17.5 Å².